The van der Waals surface area contributed by atoms with E-state index in [-0.39, 0.29) is 18.3 Å². The number of nitrogens with zero attached hydrogens (tertiary/aromatic N) is 4. The van der Waals surface area contributed by atoms with E-state index in [1.807, 2.05) is 43.3 Å². The van der Waals surface area contributed by atoms with Gasteiger partial charge in [-0.1, -0.05) is 35.5 Å². The number of aliphatic hydroxyl groups excluding tert-OH is 1. The number of nitrogens with two attached hydrogens (primary N) is 1. The van der Waals surface area contributed by atoms with Gasteiger partial charge in [-0.15, -0.1) is 0 Å². The normalized spacial score (nSPS) is 10.2. The maximum atomic E-state index is 11.7. The third-order valence-electron chi connectivity index (χ3n) is 4.78. The molecule has 10 nitrogen and oxygen atoms in total. The van der Waals surface area contributed by atoms with Gasteiger partial charge in [0.15, 0.2) is 0 Å². The average molecular weight is 462 g/mol. The van der Waals surface area contributed by atoms with Crippen molar-refractivity contribution in [2.75, 3.05) is 24.7 Å². The Morgan fingerprint density at radius 1 is 1.12 bits per heavy atom. The summed E-state index contributed by atoms with van der Waals surface area (Å²) < 4.78 is 4.93. The van der Waals surface area contributed by atoms with Crippen LogP contribution in [0.1, 0.15) is 27.4 Å². The Kier molecular flexibility index (Phi) is 8.25. The predicted octanol–water partition coefficient (Wildman–Crippen LogP) is 3.05. The number of amides is 1. The standard InChI is InChI=1S/C16H17N7O2.C8H10O/c1-8-6-10(4-5-11(8)15(24)18-3)21-16-19-7-12(13(17)22-16)14-20-9(2)25-23-14;9-7-6-8-4-2-1-3-5-8/h4-7H,1-3H3,(H,18,24)(H3,17,19,21,22);1-5,9H,6-7H2. The SMILES string of the molecule is CNC(=O)c1ccc(Nc2ncc(-c3noc(C)n3)c(N)n2)cc1C.OCCc1ccccc1. The minimum absolute atomic E-state index is 0.135. The molecule has 0 spiro atoms. The summed E-state index contributed by atoms with van der Waals surface area (Å²) in [7, 11) is 1.59. The lowest BCUT2D eigenvalue weighted by Crippen LogP contribution is -2.18. The fourth-order valence-electron chi connectivity index (χ4n) is 3.07. The zero-order valence-corrected chi connectivity index (χ0v) is 19.2. The summed E-state index contributed by atoms with van der Waals surface area (Å²) in [5, 5.41) is 18.0. The highest BCUT2D eigenvalue weighted by molar-refractivity contribution is 5.95. The monoisotopic (exact) mass is 461 g/mol. The van der Waals surface area contributed by atoms with E-state index in [0.29, 0.717) is 28.8 Å². The van der Waals surface area contributed by atoms with Crippen LogP contribution >= 0.6 is 0 Å². The van der Waals surface area contributed by atoms with Gasteiger partial charge in [0.1, 0.15) is 5.82 Å². The number of rotatable bonds is 6. The molecule has 2 aromatic heterocycles. The third-order valence-corrected chi connectivity index (χ3v) is 4.78. The molecule has 5 N–H and O–H groups in total. The highest BCUT2D eigenvalue weighted by atomic mass is 16.5. The molecule has 0 aliphatic rings. The van der Waals surface area contributed by atoms with Crippen LogP contribution in [0.25, 0.3) is 11.4 Å². The van der Waals surface area contributed by atoms with Crippen LogP contribution in [0.15, 0.2) is 59.3 Å². The third kappa shape index (κ3) is 6.36. The lowest BCUT2D eigenvalue weighted by atomic mass is 10.1. The van der Waals surface area contributed by atoms with Gasteiger partial charge in [-0.2, -0.15) is 9.97 Å². The molecule has 2 aromatic carbocycles. The van der Waals surface area contributed by atoms with E-state index in [1.165, 1.54) is 11.8 Å². The van der Waals surface area contributed by atoms with Crippen molar-refractivity contribution in [3.05, 3.63) is 77.3 Å². The predicted molar refractivity (Wildman–Crippen MR) is 130 cm³/mol. The Balaban J connectivity index is 0.000000302. The van der Waals surface area contributed by atoms with E-state index in [9.17, 15) is 4.79 Å². The molecule has 0 atom stereocenters. The van der Waals surface area contributed by atoms with E-state index < -0.39 is 0 Å². The molecule has 0 radical (unpaired) electrons. The molecule has 0 fully saturated rings. The Labute approximate surface area is 197 Å². The van der Waals surface area contributed by atoms with Crippen molar-refractivity contribution >= 4 is 23.4 Å². The topological polar surface area (TPSA) is 152 Å². The maximum absolute atomic E-state index is 11.7. The molecule has 34 heavy (non-hydrogen) atoms. The minimum atomic E-state index is -0.135. The highest BCUT2D eigenvalue weighted by Crippen LogP contribution is 2.23. The van der Waals surface area contributed by atoms with E-state index in [1.54, 1.807) is 26.1 Å². The van der Waals surface area contributed by atoms with Gasteiger partial charge < -0.3 is 26.0 Å². The fourth-order valence-corrected chi connectivity index (χ4v) is 3.07. The lowest BCUT2D eigenvalue weighted by molar-refractivity contribution is 0.0962. The van der Waals surface area contributed by atoms with Crippen molar-refractivity contribution in [1.82, 2.24) is 25.4 Å². The number of nitrogen functional groups attached to an aromatic ring is 1. The second kappa shape index (κ2) is 11.5. The van der Waals surface area contributed by atoms with Crippen LogP contribution in [0.4, 0.5) is 17.5 Å². The van der Waals surface area contributed by atoms with Gasteiger partial charge in [-0.05, 0) is 42.7 Å². The number of carbonyl (C=O) groups excluding carboxylic acids is 1. The van der Waals surface area contributed by atoms with E-state index in [0.717, 1.165) is 17.7 Å². The average Bonchev–Trinajstić information content (AvgIpc) is 3.26. The molecular formula is C24H27N7O3. The van der Waals surface area contributed by atoms with Crippen molar-refractivity contribution in [2.24, 2.45) is 0 Å². The highest BCUT2D eigenvalue weighted by Gasteiger charge is 2.13. The summed E-state index contributed by atoms with van der Waals surface area (Å²) in [6.45, 7) is 3.78. The molecule has 0 aliphatic heterocycles. The molecule has 4 rings (SSSR count). The molecule has 0 aliphatic carbocycles. The van der Waals surface area contributed by atoms with Crippen LogP contribution in [-0.4, -0.2) is 44.8 Å². The number of hydrogen-bond donors (Lipinski definition) is 4. The van der Waals surface area contributed by atoms with Crippen molar-refractivity contribution in [3.63, 3.8) is 0 Å². The quantitative estimate of drug-likeness (QED) is 0.339. The molecular weight excluding hydrogens is 434 g/mol. The number of hydrogen-bond acceptors (Lipinski definition) is 9. The summed E-state index contributed by atoms with van der Waals surface area (Å²) in [6.07, 6.45) is 2.29. The van der Waals surface area contributed by atoms with Crippen LogP contribution in [0.5, 0.6) is 0 Å². The Morgan fingerprint density at radius 3 is 2.47 bits per heavy atom. The Hall–Kier alpha value is -4.31. The lowest BCUT2D eigenvalue weighted by Gasteiger charge is -2.10. The number of aromatic nitrogens is 4. The van der Waals surface area contributed by atoms with Gasteiger partial charge in [0.25, 0.3) is 5.91 Å². The molecule has 10 heteroatoms. The van der Waals surface area contributed by atoms with Gasteiger partial charge >= 0.3 is 0 Å². The molecule has 0 unspecified atom stereocenters. The van der Waals surface area contributed by atoms with E-state index in [2.05, 4.69) is 30.7 Å². The maximum Gasteiger partial charge on any atom is 0.251 e. The minimum Gasteiger partial charge on any atom is -0.396 e. The van der Waals surface area contributed by atoms with Crippen LogP contribution in [0, 0.1) is 13.8 Å². The summed E-state index contributed by atoms with van der Waals surface area (Å²) in [6, 6.07) is 15.3. The summed E-state index contributed by atoms with van der Waals surface area (Å²) >= 11 is 0. The van der Waals surface area contributed by atoms with Crippen LogP contribution in [0.3, 0.4) is 0 Å². The molecule has 0 saturated heterocycles. The van der Waals surface area contributed by atoms with E-state index in [4.69, 9.17) is 15.4 Å². The van der Waals surface area contributed by atoms with E-state index >= 15 is 0 Å². The van der Waals surface area contributed by atoms with Gasteiger partial charge in [-0.3, -0.25) is 4.79 Å². The number of aryl methyl sites for hydroxylation is 2. The van der Waals surface area contributed by atoms with Crippen molar-refractivity contribution in [1.29, 1.82) is 0 Å². The molecule has 0 saturated carbocycles. The summed E-state index contributed by atoms with van der Waals surface area (Å²) in [5.74, 6) is 1.20. The first-order valence-electron chi connectivity index (χ1n) is 10.6. The van der Waals surface area contributed by atoms with Crippen LogP contribution < -0.4 is 16.4 Å². The Bertz CT molecular complexity index is 1240. The first-order valence-corrected chi connectivity index (χ1v) is 10.6. The summed E-state index contributed by atoms with van der Waals surface area (Å²) in [4.78, 5) is 24.3. The zero-order valence-electron chi connectivity index (χ0n) is 19.2. The largest absolute Gasteiger partial charge is 0.396 e. The first-order chi connectivity index (χ1) is 16.4. The second-order valence-corrected chi connectivity index (χ2v) is 7.32. The van der Waals surface area contributed by atoms with Crippen molar-refractivity contribution in [3.8, 4) is 11.4 Å². The molecule has 176 valence electrons. The number of carbonyl (C=O) groups is 1. The molecule has 2 heterocycles. The van der Waals surface area contributed by atoms with Gasteiger partial charge in [-0.25, -0.2) is 4.98 Å². The van der Waals surface area contributed by atoms with Crippen LogP contribution in [0.2, 0.25) is 0 Å². The van der Waals surface area contributed by atoms with Gasteiger partial charge in [0.2, 0.25) is 17.7 Å². The van der Waals surface area contributed by atoms with Gasteiger partial charge in [0, 0.05) is 38.0 Å². The smallest absolute Gasteiger partial charge is 0.251 e. The first kappa shape index (κ1) is 24.3. The number of benzene rings is 2. The molecule has 0 bridgehead atoms. The zero-order chi connectivity index (χ0) is 24.5. The fraction of sp³-hybridized carbons (Fsp3) is 0.208. The second-order valence-electron chi connectivity index (χ2n) is 7.32. The molecule has 4 aromatic rings. The molecule has 1 amide bonds. The van der Waals surface area contributed by atoms with Gasteiger partial charge in [0.05, 0.1) is 5.56 Å². The van der Waals surface area contributed by atoms with Crippen molar-refractivity contribution < 1.29 is 14.4 Å². The summed E-state index contributed by atoms with van der Waals surface area (Å²) in [5.41, 5.74) is 9.83. The number of aliphatic hydroxyl groups is 1. The Morgan fingerprint density at radius 2 is 1.88 bits per heavy atom. The van der Waals surface area contributed by atoms with Crippen LogP contribution in [-0.2, 0) is 6.42 Å². The van der Waals surface area contributed by atoms with Crippen molar-refractivity contribution in [2.45, 2.75) is 20.3 Å². The number of nitrogens with one attached hydrogen (secondary N) is 2. The number of anilines is 3.